The summed E-state index contributed by atoms with van der Waals surface area (Å²) in [6.45, 7) is 4.90. The van der Waals surface area contributed by atoms with Gasteiger partial charge in [0.1, 0.15) is 0 Å². The van der Waals surface area contributed by atoms with Crippen molar-refractivity contribution in [2.24, 2.45) is 29.4 Å². The van der Waals surface area contributed by atoms with Crippen molar-refractivity contribution in [3.63, 3.8) is 0 Å². The fraction of sp³-hybridized carbons (Fsp3) is 1.00. The summed E-state index contributed by atoms with van der Waals surface area (Å²) in [5, 5.41) is 0. The van der Waals surface area contributed by atoms with Gasteiger partial charge in [-0.25, -0.2) is 0 Å². The molecule has 3 rings (SSSR count). The van der Waals surface area contributed by atoms with Gasteiger partial charge in [0.2, 0.25) is 0 Å². The highest BCUT2D eigenvalue weighted by atomic mass is 15.2. The van der Waals surface area contributed by atoms with E-state index in [1.807, 2.05) is 0 Å². The second-order valence-corrected chi connectivity index (χ2v) is 5.56. The molecular formula is C12H22N2. The Balaban J connectivity index is 1.60. The summed E-state index contributed by atoms with van der Waals surface area (Å²) in [5.41, 5.74) is 5.56. The number of hydrogen-bond acceptors (Lipinski definition) is 2. The zero-order valence-electron chi connectivity index (χ0n) is 8.99. The lowest BCUT2D eigenvalue weighted by atomic mass is 9.82. The van der Waals surface area contributed by atoms with Crippen LogP contribution < -0.4 is 5.73 Å². The third-order valence-corrected chi connectivity index (χ3v) is 4.89. The van der Waals surface area contributed by atoms with Crippen molar-refractivity contribution >= 4 is 0 Å². The maximum atomic E-state index is 5.56. The molecule has 2 saturated carbocycles. The van der Waals surface area contributed by atoms with E-state index in [4.69, 9.17) is 5.73 Å². The molecule has 1 saturated heterocycles. The van der Waals surface area contributed by atoms with E-state index < -0.39 is 0 Å². The van der Waals surface area contributed by atoms with Gasteiger partial charge in [-0.1, -0.05) is 0 Å². The Morgan fingerprint density at radius 3 is 2.29 bits per heavy atom. The minimum atomic E-state index is 0.860. The molecule has 80 valence electrons. The number of hydrogen-bond donors (Lipinski definition) is 1. The molecule has 2 nitrogen and oxygen atoms in total. The van der Waals surface area contributed by atoms with E-state index in [-0.39, 0.29) is 0 Å². The Bertz CT molecular complexity index is 198. The lowest BCUT2D eigenvalue weighted by Crippen LogP contribution is -2.25. The van der Waals surface area contributed by atoms with Crippen LogP contribution in [-0.4, -0.2) is 31.1 Å². The molecule has 4 atom stereocenters. The fourth-order valence-corrected chi connectivity index (χ4v) is 4.27. The van der Waals surface area contributed by atoms with Crippen LogP contribution in [0.15, 0.2) is 0 Å². The van der Waals surface area contributed by atoms with Crippen molar-refractivity contribution in [3.8, 4) is 0 Å². The summed E-state index contributed by atoms with van der Waals surface area (Å²) in [5.74, 6) is 4.36. The fourth-order valence-electron chi connectivity index (χ4n) is 4.27. The third-order valence-electron chi connectivity index (χ3n) is 4.89. The van der Waals surface area contributed by atoms with E-state index >= 15 is 0 Å². The molecule has 1 heterocycles. The van der Waals surface area contributed by atoms with Crippen molar-refractivity contribution in [3.05, 3.63) is 0 Å². The van der Waals surface area contributed by atoms with Crippen molar-refractivity contribution < 1.29 is 0 Å². The average Bonchev–Trinajstić information content (AvgIpc) is 2.85. The van der Waals surface area contributed by atoms with E-state index in [1.54, 1.807) is 6.42 Å². The highest BCUT2D eigenvalue weighted by Crippen LogP contribution is 2.54. The van der Waals surface area contributed by atoms with Crippen LogP contribution in [0.1, 0.15) is 25.7 Å². The quantitative estimate of drug-likeness (QED) is 0.734. The highest BCUT2D eigenvalue weighted by molar-refractivity contribution is 5.01. The summed E-state index contributed by atoms with van der Waals surface area (Å²) in [7, 11) is 0. The molecule has 0 radical (unpaired) electrons. The first kappa shape index (κ1) is 9.17. The van der Waals surface area contributed by atoms with Crippen LogP contribution in [0.4, 0.5) is 0 Å². The first-order valence-corrected chi connectivity index (χ1v) is 6.31. The molecule has 0 aromatic heterocycles. The predicted octanol–water partition coefficient (Wildman–Crippen LogP) is 1.31. The largest absolute Gasteiger partial charge is 0.330 e. The summed E-state index contributed by atoms with van der Waals surface area (Å²) < 4.78 is 0. The Kier molecular flexibility index (Phi) is 2.29. The van der Waals surface area contributed by atoms with Gasteiger partial charge in [0.05, 0.1) is 0 Å². The lowest BCUT2D eigenvalue weighted by molar-refractivity contribution is 0.281. The van der Waals surface area contributed by atoms with Crippen LogP contribution in [0, 0.1) is 23.7 Å². The van der Waals surface area contributed by atoms with E-state index in [2.05, 4.69) is 4.90 Å². The van der Waals surface area contributed by atoms with Gasteiger partial charge in [-0.2, -0.15) is 0 Å². The zero-order valence-corrected chi connectivity index (χ0v) is 8.99. The number of likely N-dealkylation sites (tertiary alicyclic amines) is 1. The SMILES string of the molecule is NCCCN1CC2C3CCC(C3)C2C1. The second kappa shape index (κ2) is 3.49. The van der Waals surface area contributed by atoms with E-state index in [1.165, 1.54) is 38.9 Å². The number of rotatable bonds is 3. The molecule has 0 spiro atoms. The summed E-state index contributed by atoms with van der Waals surface area (Å²) in [6.07, 6.45) is 5.84. The van der Waals surface area contributed by atoms with E-state index in [9.17, 15) is 0 Å². The molecule has 2 bridgehead atoms. The van der Waals surface area contributed by atoms with Crippen LogP contribution in [0.2, 0.25) is 0 Å². The van der Waals surface area contributed by atoms with E-state index in [0.29, 0.717) is 0 Å². The van der Waals surface area contributed by atoms with Gasteiger partial charge in [-0.3, -0.25) is 0 Å². The molecule has 2 aliphatic carbocycles. The lowest BCUT2D eigenvalue weighted by Gasteiger charge is -2.22. The Morgan fingerprint density at radius 2 is 1.71 bits per heavy atom. The molecule has 2 heteroatoms. The van der Waals surface area contributed by atoms with Gasteiger partial charge < -0.3 is 10.6 Å². The maximum Gasteiger partial charge on any atom is 0.00157 e. The molecule has 3 aliphatic rings. The minimum Gasteiger partial charge on any atom is -0.330 e. The topological polar surface area (TPSA) is 29.3 Å². The number of fused-ring (bicyclic) bond motifs is 5. The molecule has 14 heavy (non-hydrogen) atoms. The van der Waals surface area contributed by atoms with Crippen LogP contribution >= 0.6 is 0 Å². The minimum absolute atomic E-state index is 0.860. The number of nitrogens with two attached hydrogens (primary N) is 1. The Hall–Kier alpha value is -0.0800. The molecule has 0 amide bonds. The first-order chi connectivity index (χ1) is 6.88. The van der Waals surface area contributed by atoms with Gasteiger partial charge in [-0.05, 0) is 62.4 Å². The molecule has 0 aromatic rings. The summed E-state index contributed by atoms with van der Waals surface area (Å²) >= 11 is 0. The molecule has 3 fully saturated rings. The monoisotopic (exact) mass is 194 g/mol. The average molecular weight is 194 g/mol. The second-order valence-electron chi connectivity index (χ2n) is 5.56. The standard InChI is InChI=1S/C12H22N2/c13-4-1-5-14-7-11-9-2-3-10(6-9)12(11)8-14/h9-12H,1-8,13H2. The molecule has 1 aliphatic heterocycles. The maximum absolute atomic E-state index is 5.56. The molecule has 0 aromatic carbocycles. The zero-order chi connectivity index (χ0) is 9.54. The third kappa shape index (κ3) is 1.31. The van der Waals surface area contributed by atoms with Crippen LogP contribution in [-0.2, 0) is 0 Å². The van der Waals surface area contributed by atoms with Crippen LogP contribution in [0.5, 0.6) is 0 Å². The Labute approximate surface area is 86.8 Å². The van der Waals surface area contributed by atoms with Gasteiger partial charge in [0.25, 0.3) is 0 Å². The van der Waals surface area contributed by atoms with E-state index in [0.717, 1.165) is 30.2 Å². The number of nitrogens with zero attached hydrogens (tertiary/aromatic N) is 1. The predicted molar refractivity (Wildman–Crippen MR) is 57.9 cm³/mol. The first-order valence-electron chi connectivity index (χ1n) is 6.31. The highest BCUT2D eigenvalue weighted by Gasteiger charge is 2.51. The van der Waals surface area contributed by atoms with Crippen molar-refractivity contribution in [1.29, 1.82) is 0 Å². The van der Waals surface area contributed by atoms with Crippen LogP contribution in [0.3, 0.4) is 0 Å². The van der Waals surface area contributed by atoms with Gasteiger partial charge in [-0.15, -0.1) is 0 Å². The van der Waals surface area contributed by atoms with Crippen molar-refractivity contribution in [2.45, 2.75) is 25.7 Å². The summed E-state index contributed by atoms with van der Waals surface area (Å²) in [4.78, 5) is 2.67. The van der Waals surface area contributed by atoms with Gasteiger partial charge in [0.15, 0.2) is 0 Å². The Morgan fingerprint density at radius 1 is 1.07 bits per heavy atom. The van der Waals surface area contributed by atoms with Gasteiger partial charge >= 0.3 is 0 Å². The van der Waals surface area contributed by atoms with Gasteiger partial charge in [0, 0.05) is 13.1 Å². The van der Waals surface area contributed by atoms with Crippen molar-refractivity contribution in [2.75, 3.05) is 26.2 Å². The summed E-state index contributed by atoms with van der Waals surface area (Å²) in [6, 6.07) is 0. The smallest absolute Gasteiger partial charge is 0.00157 e. The molecular weight excluding hydrogens is 172 g/mol. The normalized spacial score (nSPS) is 46.1. The molecule has 2 N–H and O–H groups in total. The van der Waals surface area contributed by atoms with Crippen LogP contribution in [0.25, 0.3) is 0 Å². The molecule has 4 unspecified atom stereocenters. The van der Waals surface area contributed by atoms with Crippen molar-refractivity contribution in [1.82, 2.24) is 4.90 Å².